The van der Waals surface area contributed by atoms with Gasteiger partial charge < -0.3 is 19.8 Å². The number of aliphatic hydroxyl groups is 1. The van der Waals surface area contributed by atoms with E-state index in [1.54, 1.807) is 33.7 Å². The van der Waals surface area contributed by atoms with Gasteiger partial charge in [-0.2, -0.15) is 0 Å². The van der Waals surface area contributed by atoms with E-state index < -0.39 is 22.6 Å². The van der Waals surface area contributed by atoms with Crippen molar-refractivity contribution in [2.75, 3.05) is 32.8 Å². The molecule has 206 valence electrons. The van der Waals surface area contributed by atoms with Gasteiger partial charge in [-0.15, -0.1) is 24.9 Å². The fourth-order valence-corrected chi connectivity index (χ4v) is 9.26. The molecule has 1 aromatic carbocycles. The summed E-state index contributed by atoms with van der Waals surface area (Å²) in [6, 6.07) is 9.14. The van der Waals surface area contributed by atoms with Crippen LogP contribution in [0.3, 0.4) is 0 Å². The standard InChI is InChI=1S/C30H41N3O4S/c1-5-14-31(15-6-2)27(35)24-23-19-21(4)30(38-23)25(24)28(36)33(17-11-18-34)26(30)29(37)32(16-7-3)20-22-12-9-8-10-13-22/h5,7-10,12-13,21,23-26,34H,1,3,6,11,14-20H2,2,4H3/t21?,23-,24+,25-,26?,30?/m0/s1. The minimum Gasteiger partial charge on any atom is -0.396 e. The van der Waals surface area contributed by atoms with E-state index in [-0.39, 0.29) is 35.5 Å². The minimum atomic E-state index is -0.683. The minimum absolute atomic E-state index is 0.00110. The zero-order chi connectivity index (χ0) is 27.4. The summed E-state index contributed by atoms with van der Waals surface area (Å²) in [6.07, 6.45) is 5.47. The van der Waals surface area contributed by atoms with Crippen LogP contribution >= 0.6 is 11.8 Å². The first-order valence-electron chi connectivity index (χ1n) is 13.8. The Balaban J connectivity index is 1.74. The third kappa shape index (κ3) is 4.81. The molecule has 1 aromatic rings. The summed E-state index contributed by atoms with van der Waals surface area (Å²) in [6.45, 7) is 13.9. The van der Waals surface area contributed by atoms with Crippen molar-refractivity contribution < 1.29 is 19.5 Å². The molecule has 6 atom stereocenters. The lowest BCUT2D eigenvalue weighted by Crippen LogP contribution is -2.57. The average Bonchev–Trinajstić information content (AvgIpc) is 3.50. The van der Waals surface area contributed by atoms with Gasteiger partial charge in [-0.1, -0.05) is 56.3 Å². The maximum absolute atomic E-state index is 14.4. The monoisotopic (exact) mass is 539 g/mol. The Morgan fingerprint density at radius 2 is 1.84 bits per heavy atom. The Kier molecular flexibility index (Phi) is 9.04. The molecule has 3 aliphatic heterocycles. The van der Waals surface area contributed by atoms with Gasteiger partial charge >= 0.3 is 0 Å². The van der Waals surface area contributed by atoms with Crippen molar-refractivity contribution in [1.29, 1.82) is 0 Å². The van der Waals surface area contributed by atoms with Crippen LogP contribution < -0.4 is 0 Å². The van der Waals surface area contributed by atoms with Gasteiger partial charge in [0.15, 0.2) is 0 Å². The molecule has 3 fully saturated rings. The van der Waals surface area contributed by atoms with Crippen LogP contribution in [0.4, 0.5) is 0 Å². The number of hydrogen-bond acceptors (Lipinski definition) is 5. The van der Waals surface area contributed by atoms with Gasteiger partial charge in [-0.05, 0) is 30.7 Å². The van der Waals surface area contributed by atoms with E-state index in [1.165, 1.54) is 0 Å². The van der Waals surface area contributed by atoms with Gasteiger partial charge in [0, 0.05) is 44.6 Å². The number of benzene rings is 1. The van der Waals surface area contributed by atoms with Crippen molar-refractivity contribution in [2.24, 2.45) is 17.8 Å². The van der Waals surface area contributed by atoms with Crippen molar-refractivity contribution in [2.45, 2.75) is 55.7 Å². The summed E-state index contributed by atoms with van der Waals surface area (Å²) in [5.74, 6) is -1.12. The van der Waals surface area contributed by atoms with Crippen LogP contribution in [0.2, 0.25) is 0 Å². The van der Waals surface area contributed by atoms with E-state index in [2.05, 4.69) is 20.1 Å². The summed E-state index contributed by atoms with van der Waals surface area (Å²) in [7, 11) is 0. The number of fused-ring (bicyclic) bond motifs is 1. The van der Waals surface area contributed by atoms with E-state index in [0.29, 0.717) is 39.1 Å². The molecular weight excluding hydrogens is 498 g/mol. The first-order chi connectivity index (χ1) is 18.3. The van der Waals surface area contributed by atoms with Crippen LogP contribution in [0.1, 0.15) is 38.7 Å². The maximum Gasteiger partial charge on any atom is 0.247 e. The Morgan fingerprint density at radius 1 is 1.16 bits per heavy atom. The first kappa shape index (κ1) is 28.4. The van der Waals surface area contributed by atoms with Gasteiger partial charge in [0.1, 0.15) is 6.04 Å². The Hall–Kier alpha value is -2.58. The lowest BCUT2D eigenvalue weighted by Gasteiger charge is -2.41. The Bertz CT molecular complexity index is 1050. The molecule has 3 amide bonds. The van der Waals surface area contributed by atoms with Gasteiger partial charge in [-0.3, -0.25) is 14.4 Å². The molecule has 8 heteroatoms. The molecule has 0 saturated carbocycles. The highest BCUT2D eigenvalue weighted by Crippen LogP contribution is 2.68. The fourth-order valence-electron chi connectivity index (χ4n) is 6.86. The van der Waals surface area contributed by atoms with Crippen LogP contribution in [0.15, 0.2) is 55.6 Å². The highest BCUT2D eigenvalue weighted by molar-refractivity contribution is 8.02. The van der Waals surface area contributed by atoms with Crippen molar-refractivity contribution in [3.63, 3.8) is 0 Å². The number of nitrogens with zero attached hydrogens (tertiary/aromatic N) is 3. The number of carbonyl (C=O) groups excluding carboxylic acids is 3. The predicted molar refractivity (Wildman–Crippen MR) is 151 cm³/mol. The van der Waals surface area contributed by atoms with Crippen molar-refractivity contribution >= 4 is 29.5 Å². The molecule has 38 heavy (non-hydrogen) atoms. The second kappa shape index (κ2) is 12.1. The molecule has 0 aliphatic carbocycles. The molecule has 4 rings (SSSR count). The first-order valence-corrected chi connectivity index (χ1v) is 14.7. The summed E-state index contributed by atoms with van der Waals surface area (Å²) in [4.78, 5) is 47.8. The second-order valence-electron chi connectivity index (χ2n) is 10.7. The molecule has 3 saturated heterocycles. The van der Waals surface area contributed by atoms with Gasteiger partial charge in [0.25, 0.3) is 0 Å². The van der Waals surface area contributed by atoms with Gasteiger partial charge in [-0.25, -0.2) is 0 Å². The Morgan fingerprint density at radius 3 is 2.47 bits per heavy atom. The topological polar surface area (TPSA) is 81.2 Å². The quantitative estimate of drug-likeness (QED) is 0.389. The maximum atomic E-state index is 14.4. The van der Waals surface area contributed by atoms with E-state index >= 15 is 0 Å². The molecule has 0 aromatic heterocycles. The highest BCUT2D eigenvalue weighted by Gasteiger charge is 2.76. The number of likely N-dealkylation sites (tertiary alicyclic amines) is 1. The molecule has 7 nitrogen and oxygen atoms in total. The van der Waals surface area contributed by atoms with Crippen LogP contribution in [0.25, 0.3) is 0 Å². The summed E-state index contributed by atoms with van der Waals surface area (Å²) in [5, 5.41) is 9.63. The van der Waals surface area contributed by atoms with E-state index in [0.717, 1.165) is 18.4 Å². The lowest BCUT2D eigenvalue weighted by molar-refractivity contribution is -0.145. The third-order valence-corrected chi connectivity index (χ3v) is 10.4. The second-order valence-corrected chi connectivity index (χ2v) is 12.3. The molecule has 3 unspecified atom stereocenters. The lowest BCUT2D eigenvalue weighted by atomic mass is 9.65. The molecule has 3 aliphatic rings. The molecular formula is C30H41N3O4S. The molecule has 1 spiro atoms. The average molecular weight is 540 g/mol. The number of aliphatic hydroxyl groups excluding tert-OH is 1. The largest absolute Gasteiger partial charge is 0.396 e. The molecule has 0 radical (unpaired) electrons. The SMILES string of the molecule is C=CCN(Cc1ccccc1)C(=O)C1N(CCCO)C(=O)[C@@H]2[C@H](C(=O)N(CC=C)CCC)[C@@H]3CC(C)C12S3. The van der Waals surface area contributed by atoms with E-state index in [4.69, 9.17) is 0 Å². The predicted octanol–water partition coefficient (Wildman–Crippen LogP) is 3.35. The normalized spacial score (nSPS) is 29.3. The molecule has 3 heterocycles. The third-order valence-electron chi connectivity index (χ3n) is 8.35. The smallest absolute Gasteiger partial charge is 0.247 e. The van der Waals surface area contributed by atoms with Crippen molar-refractivity contribution in [3.05, 3.63) is 61.2 Å². The zero-order valence-corrected chi connectivity index (χ0v) is 23.4. The summed E-state index contributed by atoms with van der Waals surface area (Å²) >= 11 is 1.70. The van der Waals surface area contributed by atoms with Crippen LogP contribution in [-0.2, 0) is 20.9 Å². The molecule has 1 N–H and O–H groups in total. The fraction of sp³-hybridized carbons (Fsp3) is 0.567. The van der Waals surface area contributed by atoms with Crippen LogP contribution in [-0.4, -0.2) is 86.4 Å². The Labute approximate surface area is 230 Å². The number of hydrogen-bond donors (Lipinski definition) is 1. The number of carbonyl (C=O) groups is 3. The molecule has 2 bridgehead atoms. The number of thioether (sulfide) groups is 1. The van der Waals surface area contributed by atoms with Crippen LogP contribution in [0.5, 0.6) is 0 Å². The van der Waals surface area contributed by atoms with Crippen molar-refractivity contribution in [1.82, 2.24) is 14.7 Å². The van der Waals surface area contributed by atoms with Gasteiger partial charge in [0.2, 0.25) is 17.7 Å². The van der Waals surface area contributed by atoms with Crippen molar-refractivity contribution in [3.8, 4) is 0 Å². The number of rotatable bonds is 13. The van der Waals surface area contributed by atoms with E-state index in [9.17, 15) is 19.5 Å². The van der Waals surface area contributed by atoms with E-state index in [1.807, 2.05) is 42.2 Å². The zero-order valence-electron chi connectivity index (χ0n) is 22.6. The number of amides is 3. The highest BCUT2D eigenvalue weighted by atomic mass is 32.2. The summed E-state index contributed by atoms with van der Waals surface area (Å²) < 4.78 is -0.670. The van der Waals surface area contributed by atoms with Crippen LogP contribution in [0, 0.1) is 17.8 Å². The van der Waals surface area contributed by atoms with Gasteiger partial charge in [0.05, 0.1) is 16.6 Å². The summed E-state index contributed by atoms with van der Waals surface area (Å²) in [5.41, 5.74) is 1.01.